The standard InChI is InChI=1S/C14H23N3O3S/c1-20-13-4-5-15-14(12-13)17-9-7-16(8-10-17)6-3-11-21(2,18)19/h4-5,12H,3,6-11H2,1-2H3. The van der Waals surface area contributed by atoms with E-state index in [1.165, 1.54) is 6.26 Å². The molecule has 0 aromatic carbocycles. The number of aromatic nitrogens is 1. The summed E-state index contributed by atoms with van der Waals surface area (Å²) in [4.78, 5) is 8.92. The molecule has 2 rings (SSSR count). The average molecular weight is 313 g/mol. The number of nitrogens with zero attached hydrogens (tertiary/aromatic N) is 3. The molecule has 1 aromatic heterocycles. The van der Waals surface area contributed by atoms with Crippen molar-refractivity contribution in [2.45, 2.75) is 6.42 Å². The summed E-state index contributed by atoms with van der Waals surface area (Å²) >= 11 is 0. The predicted molar refractivity (Wildman–Crippen MR) is 83.8 cm³/mol. The van der Waals surface area contributed by atoms with Crippen molar-refractivity contribution in [2.24, 2.45) is 0 Å². The van der Waals surface area contributed by atoms with E-state index in [2.05, 4.69) is 14.8 Å². The van der Waals surface area contributed by atoms with Gasteiger partial charge in [0, 0.05) is 44.7 Å². The zero-order valence-electron chi connectivity index (χ0n) is 12.7. The normalized spacial score (nSPS) is 17.0. The first-order chi connectivity index (χ1) is 9.98. The Morgan fingerprint density at radius 1 is 1.29 bits per heavy atom. The lowest BCUT2D eigenvalue weighted by atomic mass is 10.3. The summed E-state index contributed by atoms with van der Waals surface area (Å²) in [5, 5.41) is 0. The highest BCUT2D eigenvalue weighted by Gasteiger charge is 2.18. The van der Waals surface area contributed by atoms with Crippen molar-refractivity contribution in [2.75, 3.05) is 56.7 Å². The van der Waals surface area contributed by atoms with Crippen LogP contribution in [0.15, 0.2) is 18.3 Å². The highest BCUT2D eigenvalue weighted by atomic mass is 32.2. The molecule has 1 aliphatic rings. The summed E-state index contributed by atoms with van der Waals surface area (Å²) in [5.74, 6) is 2.02. The second-order valence-corrected chi connectivity index (χ2v) is 7.63. The Morgan fingerprint density at radius 2 is 2.00 bits per heavy atom. The van der Waals surface area contributed by atoms with Crippen LogP contribution in [0.2, 0.25) is 0 Å². The van der Waals surface area contributed by atoms with E-state index in [-0.39, 0.29) is 5.75 Å². The van der Waals surface area contributed by atoms with Crippen LogP contribution >= 0.6 is 0 Å². The first-order valence-corrected chi connectivity index (χ1v) is 9.19. The molecule has 0 amide bonds. The van der Waals surface area contributed by atoms with Gasteiger partial charge < -0.3 is 9.64 Å². The number of rotatable bonds is 6. The maximum atomic E-state index is 11.1. The van der Waals surface area contributed by atoms with E-state index in [9.17, 15) is 8.42 Å². The van der Waals surface area contributed by atoms with Crippen LogP contribution in [-0.2, 0) is 9.84 Å². The maximum Gasteiger partial charge on any atom is 0.147 e. The van der Waals surface area contributed by atoms with Gasteiger partial charge in [-0.2, -0.15) is 0 Å². The fraction of sp³-hybridized carbons (Fsp3) is 0.643. The van der Waals surface area contributed by atoms with Crippen molar-refractivity contribution in [3.63, 3.8) is 0 Å². The van der Waals surface area contributed by atoms with Gasteiger partial charge in [0.2, 0.25) is 0 Å². The van der Waals surface area contributed by atoms with Gasteiger partial charge in [-0.25, -0.2) is 13.4 Å². The van der Waals surface area contributed by atoms with E-state index in [0.717, 1.165) is 44.3 Å². The lowest BCUT2D eigenvalue weighted by molar-refractivity contribution is 0.258. The zero-order chi connectivity index (χ0) is 15.3. The van der Waals surface area contributed by atoms with Gasteiger partial charge in [-0.15, -0.1) is 0 Å². The van der Waals surface area contributed by atoms with Crippen LogP contribution in [0.5, 0.6) is 5.75 Å². The second-order valence-electron chi connectivity index (χ2n) is 5.37. The second kappa shape index (κ2) is 7.09. The topological polar surface area (TPSA) is 62.7 Å². The Balaban J connectivity index is 1.80. The minimum absolute atomic E-state index is 0.269. The zero-order valence-corrected chi connectivity index (χ0v) is 13.5. The van der Waals surface area contributed by atoms with Crippen molar-refractivity contribution in [1.29, 1.82) is 0 Å². The van der Waals surface area contributed by atoms with Crippen LogP contribution in [0.4, 0.5) is 5.82 Å². The lowest BCUT2D eigenvalue weighted by Crippen LogP contribution is -2.47. The molecule has 0 aliphatic carbocycles. The highest BCUT2D eigenvalue weighted by molar-refractivity contribution is 7.90. The third-order valence-electron chi connectivity index (χ3n) is 3.64. The van der Waals surface area contributed by atoms with Crippen molar-refractivity contribution >= 4 is 15.7 Å². The molecule has 21 heavy (non-hydrogen) atoms. The third-order valence-corrected chi connectivity index (χ3v) is 4.67. The fourth-order valence-corrected chi connectivity index (χ4v) is 3.10. The molecule has 1 aliphatic heterocycles. The first-order valence-electron chi connectivity index (χ1n) is 7.13. The van der Waals surface area contributed by atoms with E-state index in [1.54, 1.807) is 13.3 Å². The Bertz CT molecular complexity index is 554. The van der Waals surface area contributed by atoms with Crippen LogP contribution < -0.4 is 9.64 Å². The molecule has 2 heterocycles. The molecule has 0 radical (unpaired) electrons. The van der Waals surface area contributed by atoms with Crippen molar-refractivity contribution in [3.8, 4) is 5.75 Å². The molecule has 1 aromatic rings. The third kappa shape index (κ3) is 5.17. The first kappa shape index (κ1) is 16.0. The predicted octanol–water partition coefficient (Wildman–Crippen LogP) is 0.647. The number of pyridine rings is 1. The minimum atomic E-state index is -2.85. The summed E-state index contributed by atoms with van der Waals surface area (Å²) in [6.45, 7) is 4.51. The molecule has 1 fully saturated rings. The summed E-state index contributed by atoms with van der Waals surface area (Å²) in [6, 6.07) is 3.78. The molecule has 7 heteroatoms. The van der Waals surface area contributed by atoms with Crippen LogP contribution in [0.3, 0.4) is 0 Å². The molecule has 118 valence electrons. The quantitative estimate of drug-likeness (QED) is 0.768. The molecule has 0 spiro atoms. The largest absolute Gasteiger partial charge is 0.497 e. The van der Waals surface area contributed by atoms with E-state index >= 15 is 0 Å². The maximum absolute atomic E-state index is 11.1. The van der Waals surface area contributed by atoms with E-state index < -0.39 is 9.84 Å². The molecule has 0 bridgehead atoms. The van der Waals surface area contributed by atoms with Gasteiger partial charge >= 0.3 is 0 Å². The molecular formula is C14H23N3O3S. The number of hydrogen-bond acceptors (Lipinski definition) is 6. The summed E-state index contributed by atoms with van der Waals surface area (Å²) < 4.78 is 27.5. The van der Waals surface area contributed by atoms with Gasteiger partial charge in [-0.05, 0) is 19.0 Å². The van der Waals surface area contributed by atoms with Gasteiger partial charge in [-0.1, -0.05) is 0 Å². The molecule has 0 N–H and O–H groups in total. The van der Waals surface area contributed by atoms with E-state index in [4.69, 9.17) is 4.74 Å². The molecule has 0 saturated carbocycles. The van der Waals surface area contributed by atoms with Gasteiger partial charge in [0.1, 0.15) is 21.4 Å². The van der Waals surface area contributed by atoms with Gasteiger partial charge in [-0.3, -0.25) is 4.90 Å². The Morgan fingerprint density at radius 3 is 2.62 bits per heavy atom. The van der Waals surface area contributed by atoms with Crippen LogP contribution in [-0.4, -0.2) is 70.1 Å². The van der Waals surface area contributed by atoms with Gasteiger partial charge in [0.15, 0.2) is 0 Å². The summed E-state index contributed by atoms with van der Waals surface area (Å²) in [5.41, 5.74) is 0. The number of ether oxygens (including phenoxy) is 1. The summed E-state index contributed by atoms with van der Waals surface area (Å²) in [6.07, 6.45) is 3.75. The number of methoxy groups -OCH3 is 1. The Hall–Kier alpha value is -1.34. The monoisotopic (exact) mass is 313 g/mol. The Kier molecular flexibility index (Phi) is 5.41. The lowest BCUT2D eigenvalue weighted by Gasteiger charge is -2.35. The minimum Gasteiger partial charge on any atom is -0.497 e. The SMILES string of the molecule is COc1ccnc(N2CCN(CCCS(C)(=O)=O)CC2)c1. The number of piperazine rings is 1. The van der Waals surface area contributed by atoms with E-state index in [1.807, 2.05) is 12.1 Å². The number of sulfone groups is 1. The molecule has 0 unspecified atom stereocenters. The molecule has 1 saturated heterocycles. The van der Waals surface area contributed by atoms with Crippen LogP contribution in [0.1, 0.15) is 6.42 Å². The fourth-order valence-electron chi connectivity index (χ4n) is 2.45. The van der Waals surface area contributed by atoms with Crippen molar-refractivity contribution in [3.05, 3.63) is 18.3 Å². The molecule has 6 nitrogen and oxygen atoms in total. The average Bonchev–Trinajstić information content (AvgIpc) is 2.47. The number of anilines is 1. The molecule has 0 atom stereocenters. The van der Waals surface area contributed by atoms with Gasteiger partial charge in [0.05, 0.1) is 12.9 Å². The van der Waals surface area contributed by atoms with Crippen LogP contribution in [0.25, 0.3) is 0 Å². The highest BCUT2D eigenvalue weighted by Crippen LogP contribution is 2.19. The Labute approximate surface area is 126 Å². The van der Waals surface area contributed by atoms with Crippen LogP contribution in [0, 0.1) is 0 Å². The molecular weight excluding hydrogens is 290 g/mol. The number of hydrogen-bond donors (Lipinski definition) is 0. The smallest absolute Gasteiger partial charge is 0.147 e. The van der Waals surface area contributed by atoms with Crippen molar-refractivity contribution < 1.29 is 13.2 Å². The van der Waals surface area contributed by atoms with Crippen molar-refractivity contribution in [1.82, 2.24) is 9.88 Å². The van der Waals surface area contributed by atoms with E-state index in [0.29, 0.717) is 6.42 Å². The van der Waals surface area contributed by atoms with Gasteiger partial charge in [0.25, 0.3) is 0 Å². The summed E-state index contributed by atoms with van der Waals surface area (Å²) in [7, 11) is -1.20.